The summed E-state index contributed by atoms with van der Waals surface area (Å²) in [6.45, 7) is 23.9. The Balaban J connectivity index is 4.60. The molecule has 0 rings (SSSR count). The van der Waals surface area contributed by atoms with Gasteiger partial charge in [0, 0.05) is 6.42 Å². The van der Waals surface area contributed by atoms with Gasteiger partial charge in [-0.3, -0.25) is 0 Å². The molecule has 0 aliphatic rings. The van der Waals surface area contributed by atoms with E-state index in [1.54, 1.807) is 6.08 Å². The van der Waals surface area contributed by atoms with Gasteiger partial charge in [-0.15, -0.1) is 0 Å². The molecule has 1 nitrogen and oxygen atoms in total. The monoisotopic (exact) mass is 270 g/mol. The van der Waals surface area contributed by atoms with Crippen LogP contribution in [0.1, 0.15) is 26.7 Å². The zero-order valence-corrected chi connectivity index (χ0v) is 12.8. The molecule has 0 heterocycles. The highest BCUT2D eigenvalue weighted by Crippen LogP contribution is 2.29. The fourth-order valence-electron chi connectivity index (χ4n) is 1.93. The summed E-state index contributed by atoms with van der Waals surface area (Å²) in [6, 6.07) is 0. The van der Waals surface area contributed by atoms with E-state index >= 15 is 0 Å². The summed E-state index contributed by atoms with van der Waals surface area (Å²) >= 11 is 0. The van der Waals surface area contributed by atoms with E-state index < -0.39 is 0 Å². The molecule has 2 atom stereocenters. The highest BCUT2D eigenvalue weighted by molar-refractivity contribution is 5.59. The molecule has 0 saturated carbocycles. The molecule has 20 heavy (non-hydrogen) atoms. The number of carbonyl (C=O) groups excluding carboxylic acids is 1. The quantitative estimate of drug-likeness (QED) is 0.393. The summed E-state index contributed by atoms with van der Waals surface area (Å²) in [4.78, 5) is 10.5. The third kappa shape index (κ3) is 5.83. The van der Waals surface area contributed by atoms with Crippen LogP contribution < -0.4 is 0 Å². The Labute approximate surface area is 123 Å². The summed E-state index contributed by atoms with van der Waals surface area (Å²) in [6.07, 6.45) is 7.71. The summed E-state index contributed by atoms with van der Waals surface area (Å²) in [5.74, 6) is 0.625. The Bertz CT molecular complexity index is 448. The molecule has 0 fully saturated rings. The van der Waals surface area contributed by atoms with Gasteiger partial charge in [-0.1, -0.05) is 70.5 Å². The molecular formula is C19H26O. The van der Waals surface area contributed by atoms with E-state index in [4.69, 9.17) is 0 Å². The lowest BCUT2D eigenvalue weighted by Crippen LogP contribution is -2.08. The van der Waals surface area contributed by atoms with Crippen LogP contribution in [-0.2, 0) is 4.79 Å². The fourth-order valence-corrected chi connectivity index (χ4v) is 1.93. The Morgan fingerprint density at radius 3 is 2.20 bits per heavy atom. The minimum Gasteiger partial charge on any atom is -0.303 e. The predicted octanol–water partition coefficient (Wildman–Crippen LogP) is 5.20. The van der Waals surface area contributed by atoms with Crippen LogP contribution in [0.2, 0.25) is 0 Å². The van der Waals surface area contributed by atoms with Crippen LogP contribution in [0.15, 0.2) is 73.4 Å². The molecule has 0 aromatic heterocycles. The lowest BCUT2D eigenvalue weighted by Gasteiger charge is -2.22. The first kappa shape index (κ1) is 18.1. The maximum absolute atomic E-state index is 10.5. The third-order valence-corrected chi connectivity index (χ3v) is 3.53. The van der Waals surface area contributed by atoms with Crippen molar-refractivity contribution in [2.75, 3.05) is 0 Å². The van der Waals surface area contributed by atoms with Crippen LogP contribution in [0.25, 0.3) is 0 Å². The first-order valence-corrected chi connectivity index (χ1v) is 6.82. The topological polar surface area (TPSA) is 17.1 Å². The maximum atomic E-state index is 10.5. The zero-order valence-electron chi connectivity index (χ0n) is 12.8. The third-order valence-electron chi connectivity index (χ3n) is 3.53. The second-order valence-electron chi connectivity index (χ2n) is 5.19. The van der Waals surface area contributed by atoms with E-state index in [2.05, 4.69) is 46.7 Å². The van der Waals surface area contributed by atoms with Gasteiger partial charge in [0.05, 0.1) is 0 Å². The number of aldehydes is 1. The lowest BCUT2D eigenvalue weighted by atomic mass is 9.83. The molecule has 0 bridgehead atoms. The van der Waals surface area contributed by atoms with Crippen molar-refractivity contribution in [1.82, 2.24) is 0 Å². The standard InChI is InChI=1S/C19H26O/c1-8-9-10-14(2)16(4)13-17(5)19(7)18(6)15(3)11-12-20/h8-10,12,16-17H,1-3,6-7,11,13H2,4-5H3/b10-9+/t16-,17+/m1/s1. The van der Waals surface area contributed by atoms with Crippen LogP contribution in [-0.4, -0.2) is 6.29 Å². The molecule has 108 valence electrons. The van der Waals surface area contributed by atoms with E-state index in [-0.39, 0.29) is 5.92 Å². The number of hydrogen-bond acceptors (Lipinski definition) is 1. The van der Waals surface area contributed by atoms with Crippen LogP contribution in [0.4, 0.5) is 0 Å². The van der Waals surface area contributed by atoms with E-state index in [0.29, 0.717) is 12.3 Å². The van der Waals surface area contributed by atoms with E-state index in [9.17, 15) is 4.79 Å². The predicted molar refractivity (Wildman–Crippen MR) is 89.5 cm³/mol. The minimum absolute atomic E-state index is 0.273. The Hall–Kier alpha value is -1.89. The SMILES string of the molecule is C=C/C=C/C(=C)[C@H](C)C[C@H](C)C(=C)C(=C)C(=C)CC=O. The zero-order chi connectivity index (χ0) is 15.7. The van der Waals surface area contributed by atoms with Crippen LogP contribution in [0.5, 0.6) is 0 Å². The van der Waals surface area contributed by atoms with Crippen molar-refractivity contribution in [3.05, 3.63) is 73.4 Å². The molecule has 0 saturated heterocycles. The van der Waals surface area contributed by atoms with Gasteiger partial charge in [0.25, 0.3) is 0 Å². The van der Waals surface area contributed by atoms with E-state index in [1.807, 2.05) is 12.2 Å². The molecule has 0 spiro atoms. The highest BCUT2D eigenvalue weighted by Gasteiger charge is 2.16. The van der Waals surface area contributed by atoms with Crippen molar-refractivity contribution < 1.29 is 4.79 Å². The molecule has 0 aromatic carbocycles. The van der Waals surface area contributed by atoms with Crippen LogP contribution in [0, 0.1) is 11.8 Å². The molecular weight excluding hydrogens is 244 g/mol. The van der Waals surface area contributed by atoms with Gasteiger partial charge in [0.15, 0.2) is 0 Å². The second kappa shape index (κ2) is 9.08. The number of carbonyl (C=O) groups is 1. The molecule has 0 aliphatic heterocycles. The first-order valence-electron chi connectivity index (χ1n) is 6.82. The summed E-state index contributed by atoms with van der Waals surface area (Å²) < 4.78 is 0. The van der Waals surface area contributed by atoms with Crippen molar-refractivity contribution in [2.45, 2.75) is 26.7 Å². The number of rotatable bonds is 10. The van der Waals surface area contributed by atoms with Crippen molar-refractivity contribution in [3.63, 3.8) is 0 Å². The second-order valence-corrected chi connectivity index (χ2v) is 5.19. The van der Waals surface area contributed by atoms with Crippen molar-refractivity contribution in [2.24, 2.45) is 11.8 Å². The molecule has 0 aromatic rings. The molecule has 0 aliphatic carbocycles. The van der Waals surface area contributed by atoms with Gasteiger partial charge < -0.3 is 4.79 Å². The molecule has 0 radical (unpaired) electrons. The van der Waals surface area contributed by atoms with Crippen LogP contribution in [0.3, 0.4) is 0 Å². The Morgan fingerprint density at radius 1 is 1.10 bits per heavy atom. The average Bonchev–Trinajstić information content (AvgIpc) is 2.42. The maximum Gasteiger partial charge on any atom is 0.124 e. The van der Waals surface area contributed by atoms with Crippen molar-refractivity contribution in [3.8, 4) is 0 Å². The van der Waals surface area contributed by atoms with Gasteiger partial charge in [-0.2, -0.15) is 0 Å². The van der Waals surface area contributed by atoms with Gasteiger partial charge in [-0.05, 0) is 35.0 Å². The van der Waals surface area contributed by atoms with Crippen LogP contribution >= 0.6 is 0 Å². The Kier molecular flexibility index (Phi) is 8.23. The van der Waals surface area contributed by atoms with Gasteiger partial charge in [-0.25, -0.2) is 0 Å². The largest absolute Gasteiger partial charge is 0.303 e. The normalized spacial score (nSPS) is 13.5. The highest BCUT2D eigenvalue weighted by atomic mass is 16.1. The summed E-state index contributed by atoms with van der Waals surface area (Å²) in [5.41, 5.74) is 3.56. The van der Waals surface area contributed by atoms with Crippen molar-refractivity contribution >= 4 is 6.29 Å². The number of allylic oxidation sites excluding steroid dienone is 7. The van der Waals surface area contributed by atoms with Gasteiger partial charge >= 0.3 is 0 Å². The first-order chi connectivity index (χ1) is 9.34. The number of hydrogen-bond donors (Lipinski definition) is 0. The fraction of sp³-hybridized carbons (Fsp3) is 0.316. The molecule has 0 unspecified atom stereocenters. The summed E-state index contributed by atoms with van der Waals surface area (Å²) in [5, 5.41) is 0. The van der Waals surface area contributed by atoms with E-state index in [0.717, 1.165) is 35.0 Å². The Morgan fingerprint density at radius 2 is 1.70 bits per heavy atom. The summed E-state index contributed by atoms with van der Waals surface area (Å²) in [7, 11) is 0. The smallest absolute Gasteiger partial charge is 0.124 e. The molecule has 0 amide bonds. The minimum atomic E-state index is 0.273. The van der Waals surface area contributed by atoms with E-state index in [1.165, 1.54) is 0 Å². The van der Waals surface area contributed by atoms with Gasteiger partial charge in [0.2, 0.25) is 0 Å². The molecule has 1 heteroatoms. The molecule has 0 N–H and O–H groups in total. The lowest BCUT2D eigenvalue weighted by molar-refractivity contribution is -0.107. The van der Waals surface area contributed by atoms with Gasteiger partial charge in [0.1, 0.15) is 6.29 Å². The average molecular weight is 270 g/mol. The van der Waals surface area contributed by atoms with Crippen molar-refractivity contribution in [1.29, 1.82) is 0 Å².